The maximum atomic E-state index is 13.7. The smallest absolute Gasteiger partial charge is 0.130 e. The van der Waals surface area contributed by atoms with Gasteiger partial charge in [-0.2, -0.15) is 0 Å². The van der Waals surface area contributed by atoms with Crippen LogP contribution in [0.4, 0.5) is 8.78 Å². The molecule has 6 heteroatoms. The van der Waals surface area contributed by atoms with Crippen LogP contribution in [0, 0.1) is 11.6 Å². The first-order chi connectivity index (χ1) is 14.5. The predicted molar refractivity (Wildman–Crippen MR) is 114 cm³/mol. The predicted octanol–water partition coefficient (Wildman–Crippen LogP) is 4.26. The van der Waals surface area contributed by atoms with Crippen molar-refractivity contribution in [1.29, 1.82) is 0 Å². The van der Waals surface area contributed by atoms with E-state index in [9.17, 15) is 13.9 Å². The van der Waals surface area contributed by atoms with Crippen molar-refractivity contribution in [3.05, 3.63) is 65.2 Å². The Morgan fingerprint density at radius 3 is 2.50 bits per heavy atom. The maximum absolute atomic E-state index is 13.7. The minimum Gasteiger partial charge on any atom is -0.491 e. The fourth-order valence-corrected chi connectivity index (χ4v) is 4.03. The number of likely N-dealkylation sites (N-methyl/N-ethyl adjacent to an activating group) is 1. The molecular formula is C24H32F2N2O2. The third-order valence-corrected chi connectivity index (χ3v) is 5.73. The highest BCUT2D eigenvalue weighted by molar-refractivity contribution is 5.28. The van der Waals surface area contributed by atoms with Crippen LogP contribution in [0.15, 0.2) is 42.5 Å². The number of rotatable bonds is 10. The largest absolute Gasteiger partial charge is 0.491 e. The molecule has 1 aliphatic carbocycles. The molecule has 0 unspecified atom stereocenters. The highest BCUT2D eigenvalue weighted by Crippen LogP contribution is 2.22. The topological polar surface area (TPSA) is 44.7 Å². The van der Waals surface area contributed by atoms with Gasteiger partial charge in [0.25, 0.3) is 0 Å². The van der Waals surface area contributed by atoms with E-state index in [-0.39, 0.29) is 18.7 Å². The van der Waals surface area contributed by atoms with Gasteiger partial charge in [0, 0.05) is 31.2 Å². The number of ether oxygens (including phenoxy) is 1. The number of aliphatic hydroxyl groups is 1. The summed E-state index contributed by atoms with van der Waals surface area (Å²) < 4.78 is 33.2. The summed E-state index contributed by atoms with van der Waals surface area (Å²) >= 11 is 0. The van der Waals surface area contributed by atoms with Gasteiger partial charge in [-0.15, -0.1) is 0 Å². The minimum atomic E-state index is -0.553. The molecule has 30 heavy (non-hydrogen) atoms. The van der Waals surface area contributed by atoms with E-state index < -0.39 is 17.7 Å². The molecule has 3 rings (SSSR count). The van der Waals surface area contributed by atoms with Crippen LogP contribution in [0.2, 0.25) is 0 Å². The molecule has 0 bridgehead atoms. The second kappa shape index (κ2) is 11.4. The quantitative estimate of drug-likeness (QED) is 0.605. The molecule has 0 amide bonds. The van der Waals surface area contributed by atoms with Crippen LogP contribution >= 0.6 is 0 Å². The summed E-state index contributed by atoms with van der Waals surface area (Å²) in [7, 11) is 2.07. The van der Waals surface area contributed by atoms with Crippen LogP contribution in [0.3, 0.4) is 0 Å². The first-order valence-electron chi connectivity index (χ1n) is 10.8. The molecule has 1 saturated carbocycles. The number of halogens is 2. The van der Waals surface area contributed by atoms with Gasteiger partial charge >= 0.3 is 0 Å². The van der Waals surface area contributed by atoms with E-state index in [1.165, 1.54) is 50.3 Å². The Hall–Kier alpha value is -2.02. The lowest BCUT2D eigenvalue weighted by molar-refractivity contribution is 0.0561. The van der Waals surface area contributed by atoms with Crippen LogP contribution in [0.1, 0.15) is 43.2 Å². The lowest BCUT2D eigenvalue weighted by Crippen LogP contribution is -2.40. The van der Waals surface area contributed by atoms with Gasteiger partial charge in [0.15, 0.2) is 0 Å². The summed E-state index contributed by atoms with van der Waals surface area (Å²) in [6.45, 7) is 1.39. The van der Waals surface area contributed by atoms with Gasteiger partial charge in [0.2, 0.25) is 0 Å². The molecular weight excluding hydrogens is 386 g/mol. The maximum Gasteiger partial charge on any atom is 0.130 e. The summed E-state index contributed by atoms with van der Waals surface area (Å²) in [5, 5.41) is 13.4. The zero-order chi connectivity index (χ0) is 21.3. The van der Waals surface area contributed by atoms with Crippen molar-refractivity contribution in [3.8, 4) is 5.75 Å². The van der Waals surface area contributed by atoms with E-state index in [0.29, 0.717) is 24.9 Å². The molecule has 0 aliphatic heterocycles. The van der Waals surface area contributed by atoms with E-state index in [0.717, 1.165) is 5.56 Å². The summed E-state index contributed by atoms with van der Waals surface area (Å²) in [5.41, 5.74) is 0.980. The van der Waals surface area contributed by atoms with Crippen LogP contribution in [-0.2, 0) is 13.1 Å². The molecule has 0 radical (unpaired) electrons. The second-order valence-electron chi connectivity index (χ2n) is 8.15. The van der Waals surface area contributed by atoms with Crippen molar-refractivity contribution in [1.82, 2.24) is 10.2 Å². The average molecular weight is 419 g/mol. The van der Waals surface area contributed by atoms with Crippen LogP contribution in [-0.4, -0.2) is 42.4 Å². The standard InChI is InChI=1S/C24H32F2N2O2/c1-28(19-8-3-2-4-9-19)16-20(29)17-30-21-10-5-7-18(13-21)14-27-15-22-23(25)11-6-12-24(22)26/h5-7,10-13,19-20,27,29H,2-4,8-9,14-17H2,1H3/t20-/m1/s1. The van der Waals surface area contributed by atoms with Crippen LogP contribution in [0.5, 0.6) is 5.75 Å². The molecule has 1 aliphatic rings. The van der Waals surface area contributed by atoms with Gasteiger partial charge in [-0.05, 0) is 49.7 Å². The van der Waals surface area contributed by atoms with Crippen LogP contribution < -0.4 is 10.1 Å². The summed E-state index contributed by atoms with van der Waals surface area (Å²) in [4.78, 5) is 2.25. The number of hydrogen-bond donors (Lipinski definition) is 2. The molecule has 2 N–H and O–H groups in total. The summed E-state index contributed by atoms with van der Waals surface area (Å²) in [6, 6.07) is 11.9. The average Bonchev–Trinajstić information content (AvgIpc) is 2.75. The van der Waals surface area contributed by atoms with E-state index in [2.05, 4.69) is 17.3 Å². The SMILES string of the molecule is CN(C[C@@H](O)COc1cccc(CNCc2c(F)cccc2F)c1)C1CCCCC1. The zero-order valence-corrected chi connectivity index (χ0v) is 17.6. The Labute approximate surface area is 177 Å². The Kier molecular flexibility index (Phi) is 8.61. The molecule has 4 nitrogen and oxygen atoms in total. The minimum absolute atomic E-state index is 0.0371. The van der Waals surface area contributed by atoms with Crippen molar-refractivity contribution in [2.75, 3.05) is 20.2 Å². The number of hydrogen-bond acceptors (Lipinski definition) is 4. The lowest BCUT2D eigenvalue weighted by Gasteiger charge is -2.32. The third kappa shape index (κ3) is 6.76. The molecule has 0 spiro atoms. The van der Waals surface area contributed by atoms with E-state index in [4.69, 9.17) is 4.74 Å². The van der Waals surface area contributed by atoms with E-state index in [1.807, 2.05) is 24.3 Å². The second-order valence-corrected chi connectivity index (χ2v) is 8.15. The van der Waals surface area contributed by atoms with Crippen molar-refractivity contribution in [3.63, 3.8) is 0 Å². The molecule has 0 saturated heterocycles. The third-order valence-electron chi connectivity index (χ3n) is 5.73. The van der Waals surface area contributed by atoms with Gasteiger partial charge in [-0.1, -0.05) is 37.5 Å². The van der Waals surface area contributed by atoms with E-state index in [1.54, 1.807) is 0 Å². The summed E-state index contributed by atoms with van der Waals surface area (Å²) in [5.74, 6) is -0.427. The molecule has 2 aromatic carbocycles. The Morgan fingerprint density at radius 2 is 1.77 bits per heavy atom. The van der Waals surface area contributed by atoms with Gasteiger partial charge < -0.3 is 20.1 Å². The molecule has 1 fully saturated rings. The fraction of sp³-hybridized carbons (Fsp3) is 0.500. The van der Waals surface area contributed by atoms with Crippen LogP contribution in [0.25, 0.3) is 0 Å². The lowest BCUT2D eigenvalue weighted by atomic mass is 9.94. The Balaban J connectivity index is 1.43. The van der Waals surface area contributed by atoms with Gasteiger partial charge in [0.1, 0.15) is 30.1 Å². The first kappa shape index (κ1) is 22.7. The van der Waals surface area contributed by atoms with Gasteiger partial charge in [0.05, 0.1) is 0 Å². The highest BCUT2D eigenvalue weighted by atomic mass is 19.1. The van der Waals surface area contributed by atoms with Crippen molar-refractivity contribution >= 4 is 0 Å². The van der Waals surface area contributed by atoms with Crippen molar-refractivity contribution in [2.45, 2.75) is 57.3 Å². The summed E-state index contributed by atoms with van der Waals surface area (Å²) in [6.07, 6.45) is 5.71. The molecule has 164 valence electrons. The number of benzene rings is 2. The molecule has 1 atom stereocenters. The Morgan fingerprint density at radius 1 is 1.07 bits per heavy atom. The normalized spacial score (nSPS) is 16.0. The van der Waals surface area contributed by atoms with Crippen molar-refractivity contribution < 1.29 is 18.6 Å². The number of aliphatic hydroxyl groups excluding tert-OH is 1. The Bertz CT molecular complexity index is 776. The molecule has 2 aromatic rings. The van der Waals surface area contributed by atoms with Gasteiger partial charge in [-0.25, -0.2) is 8.78 Å². The first-order valence-corrected chi connectivity index (χ1v) is 10.8. The highest BCUT2D eigenvalue weighted by Gasteiger charge is 2.20. The number of nitrogens with zero attached hydrogens (tertiary/aromatic N) is 1. The number of nitrogens with one attached hydrogen (secondary N) is 1. The van der Waals surface area contributed by atoms with E-state index >= 15 is 0 Å². The van der Waals surface area contributed by atoms with Gasteiger partial charge in [-0.3, -0.25) is 0 Å². The molecule has 0 aromatic heterocycles. The zero-order valence-electron chi connectivity index (χ0n) is 17.6. The molecule has 0 heterocycles. The van der Waals surface area contributed by atoms with Crippen molar-refractivity contribution in [2.24, 2.45) is 0 Å². The fourth-order valence-electron chi connectivity index (χ4n) is 4.03. The monoisotopic (exact) mass is 418 g/mol.